The zero-order valence-electron chi connectivity index (χ0n) is 34.7. The van der Waals surface area contributed by atoms with Gasteiger partial charge in [0.2, 0.25) is 5.91 Å². The van der Waals surface area contributed by atoms with Gasteiger partial charge in [-0.3, -0.25) is 9.59 Å². The van der Waals surface area contributed by atoms with Crippen molar-refractivity contribution in [3.63, 3.8) is 0 Å². The molecule has 2 saturated heterocycles. The number of aliphatic carboxylic acids is 1. The first kappa shape index (κ1) is 42.1. The van der Waals surface area contributed by atoms with Crippen molar-refractivity contribution in [3.8, 4) is 0 Å². The standard InChI is InChI=1S/C45H71NO11/c1-40(23-47)14-16-44(39(54)55)17-15-42(3)27(29(44)20-40)10-11-32-43(42,4)13-12-31-41(2,24-48)37(57-38-36(53)35(52)30(49)22-56-38)34(51)28(18-25-19-33(50)46-21-25)45(31,32)26-8-6-5-7-9-26/h10,25-26,28-32,34-38,47-49,51-53H,5-9,11-24H2,1-4H3,(H,46,50)(H,54,55). The molecular weight excluding hydrogens is 730 g/mol. The lowest BCUT2D eigenvalue weighted by atomic mass is 9.29. The predicted octanol–water partition coefficient (Wildman–Crippen LogP) is 3.93. The number of carboxylic acids is 1. The summed E-state index contributed by atoms with van der Waals surface area (Å²) in [5, 5.41) is 81.5. The third-order valence-corrected chi connectivity index (χ3v) is 19.0. The van der Waals surface area contributed by atoms with E-state index in [0.29, 0.717) is 45.1 Å². The Balaban J connectivity index is 1.29. The molecule has 8 aliphatic rings. The lowest BCUT2D eigenvalue weighted by molar-refractivity contribution is -0.349. The maximum absolute atomic E-state index is 13.4. The fraction of sp³-hybridized carbons (Fsp3) is 0.911. The number of rotatable bonds is 8. The van der Waals surface area contributed by atoms with Crippen LogP contribution in [-0.4, -0.2) is 111 Å². The van der Waals surface area contributed by atoms with Gasteiger partial charge < -0.3 is 50.5 Å². The zero-order valence-corrected chi connectivity index (χ0v) is 34.7. The van der Waals surface area contributed by atoms with Gasteiger partial charge in [0.05, 0.1) is 30.8 Å². The molecule has 0 bridgehead atoms. The lowest BCUT2D eigenvalue weighted by Gasteiger charge is -2.76. The van der Waals surface area contributed by atoms with Crippen LogP contribution in [0.15, 0.2) is 11.6 Å². The molecular formula is C45H71NO11. The molecule has 0 spiro atoms. The second kappa shape index (κ2) is 14.8. The van der Waals surface area contributed by atoms with Gasteiger partial charge in [0.15, 0.2) is 6.29 Å². The second-order valence-electron chi connectivity index (χ2n) is 21.5. The quantitative estimate of drug-likeness (QED) is 0.130. The number of aliphatic hydroxyl groups excluding tert-OH is 6. The number of hydrogen-bond donors (Lipinski definition) is 8. The highest BCUT2D eigenvalue weighted by Crippen LogP contribution is 2.79. The number of nitrogens with one attached hydrogen (secondary N) is 1. The maximum Gasteiger partial charge on any atom is 0.310 e. The van der Waals surface area contributed by atoms with Gasteiger partial charge in [-0.1, -0.05) is 58.6 Å². The van der Waals surface area contributed by atoms with Crippen molar-refractivity contribution in [2.75, 3.05) is 26.4 Å². The minimum absolute atomic E-state index is 0.00514. The molecule has 17 unspecified atom stereocenters. The van der Waals surface area contributed by atoms with Crippen LogP contribution in [0.25, 0.3) is 0 Å². The van der Waals surface area contributed by atoms with Crippen molar-refractivity contribution in [2.24, 2.45) is 68.0 Å². The van der Waals surface area contributed by atoms with E-state index in [1.165, 1.54) is 5.57 Å². The molecule has 0 radical (unpaired) electrons. The van der Waals surface area contributed by atoms with Crippen molar-refractivity contribution in [1.29, 1.82) is 0 Å². The predicted molar refractivity (Wildman–Crippen MR) is 209 cm³/mol. The Labute approximate surface area is 338 Å². The van der Waals surface area contributed by atoms with Gasteiger partial charge in [-0.05, 0) is 128 Å². The van der Waals surface area contributed by atoms with Crippen molar-refractivity contribution >= 4 is 11.9 Å². The first-order valence-electron chi connectivity index (χ1n) is 22.4. The number of aliphatic hydroxyl groups is 6. The van der Waals surface area contributed by atoms with Gasteiger partial charge in [-0.25, -0.2) is 0 Å². The monoisotopic (exact) mass is 802 g/mol. The van der Waals surface area contributed by atoms with Gasteiger partial charge in [-0.2, -0.15) is 0 Å². The molecule has 8 N–H and O–H groups in total. The number of fused-ring (bicyclic) bond motifs is 7. The number of amides is 1. The Bertz CT molecular complexity index is 1590. The van der Waals surface area contributed by atoms with E-state index in [1.807, 2.05) is 6.92 Å². The van der Waals surface area contributed by atoms with Gasteiger partial charge in [0, 0.05) is 25.0 Å². The largest absolute Gasteiger partial charge is 0.481 e. The molecule has 12 nitrogen and oxygen atoms in total. The summed E-state index contributed by atoms with van der Waals surface area (Å²) in [5.74, 6) is -1.03. The smallest absolute Gasteiger partial charge is 0.310 e. The van der Waals surface area contributed by atoms with Crippen molar-refractivity contribution < 1.29 is 54.8 Å². The summed E-state index contributed by atoms with van der Waals surface area (Å²) in [6.07, 6.45) is 6.48. The highest BCUT2D eigenvalue weighted by Gasteiger charge is 2.76. The molecule has 17 atom stereocenters. The first-order chi connectivity index (χ1) is 27.0. The minimum atomic E-state index is -1.56. The van der Waals surface area contributed by atoms with E-state index in [1.54, 1.807) is 0 Å². The normalized spacial score (nSPS) is 52.8. The van der Waals surface area contributed by atoms with E-state index in [-0.39, 0.29) is 77.5 Å². The van der Waals surface area contributed by atoms with Crippen LogP contribution >= 0.6 is 0 Å². The zero-order chi connectivity index (χ0) is 40.9. The van der Waals surface area contributed by atoms with Crippen LogP contribution in [0.1, 0.15) is 124 Å². The topological polar surface area (TPSA) is 206 Å². The van der Waals surface area contributed by atoms with Crippen molar-refractivity contribution in [3.05, 3.63) is 11.6 Å². The van der Waals surface area contributed by atoms with Gasteiger partial charge in [0.1, 0.15) is 18.3 Å². The van der Waals surface area contributed by atoms with Crippen LogP contribution < -0.4 is 5.32 Å². The van der Waals surface area contributed by atoms with Crippen LogP contribution in [0.4, 0.5) is 0 Å². The maximum atomic E-state index is 13.4. The average Bonchev–Trinajstić information content (AvgIpc) is 3.62. The molecule has 2 heterocycles. The summed E-state index contributed by atoms with van der Waals surface area (Å²) in [5.41, 5.74) is -2.03. The number of carboxylic acid groups (broad SMARTS) is 1. The average molecular weight is 802 g/mol. The Morgan fingerprint density at radius 1 is 0.895 bits per heavy atom. The third-order valence-electron chi connectivity index (χ3n) is 19.0. The summed E-state index contributed by atoms with van der Waals surface area (Å²) < 4.78 is 12.4. The molecule has 0 aromatic carbocycles. The molecule has 322 valence electrons. The van der Waals surface area contributed by atoms with E-state index in [4.69, 9.17) is 9.47 Å². The second-order valence-corrected chi connectivity index (χ2v) is 21.5. The minimum Gasteiger partial charge on any atom is -0.481 e. The Morgan fingerprint density at radius 3 is 2.26 bits per heavy atom. The molecule has 57 heavy (non-hydrogen) atoms. The molecule has 8 rings (SSSR count). The fourth-order valence-electron chi connectivity index (χ4n) is 15.7. The molecule has 5 saturated carbocycles. The van der Waals surface area contributed by atoms with Gasteiger partial charge in [-0.15, -0.1) is 0 Å². The van der Waals surface area contributed by atoms with Crippen LogP contribution in [0, 0.1) is 68.0 Å². The van der Waals surface area contributed by atoms with E-state index in [2.05, 4.69) is 32.2 Å². The van der Waals surface area contributed by atoms with Crippen molar-refractivity contribution in [1.82, 2.24) is 5.32 Å². The summed E-state index contributed by atoms with van der Waals surface area (Å²) >= 11 is 0. The van der Waals surface area contributed by atoms with Gasteiger partial charge >= 0.3 is 5.97 Å². The molecule has 12 heteroatoms. The lowest BCUT2D eigenvalue weighted by Crippen LogP contribution is -2.74. The highest BCUT2D eigenvalue weighted by atomic mass is 16.7. The molecule has 6 aliphatic carbocycles. The Kier molecular flexibility index (Phi) is 10.9. The van der Waals surface area contributed by atoms with Crippen molar-refractivity contribution in [2.45, 2.75) is 161 Å². The number of carbonyl (C=O) groups excluding carboxylic acids is 1. The van der Waals surface area contributed by atoms with Crippen LogP contribution in [-0.2, 0) is 19.1 Å². The summed E-state index contributed by atoms with van der Waals surface area (Å²) in [6, 6.07) is 0. The molecule has 7 fully saturated rings. The van der Waals surface area contributed by atoms with Crippen LogP contribution in [0.3, 0.4) is 0 Å². The molecule has 0 aromatic rings. The number of hydrogen-bond acceptors (Lipinski definition) is 10. The van der Waals surface area contributed by atoms with E-state index in [9.17, 15) is 45.3 Å². The molecule has 1 amide bonds. The number of ether oxygens (including phenoxy) is 2. The highest BCUT2D eigenvalue weighted by molar-refractivity contribution is 5.78. The van der Waals surface area contributed by atoms with Gasteiger partial charge in [0.25, 0.3) is 0 Å². The summed E-state index contributed by atoms with van der Waals surface area (Å²) in [6.45, 7) is 9.00. The SMILES string of the molecule is CC1(CO)CCC2(C(=O)O)CCC3(C)C(=CCC4C5(C6CCCCC6)C(CC6CNC(=O)C6)C(O)C(OC6OCC(O)C(O)C6O)C(C)(CO)C5CCC43C)C2C1. The van der Waals surface area contributed by atoms with Crippen LogP contribution in [0.2, 0.25) is 0 Å². The Morgan fingerprint density at radius 2 is 1.61 bits per heavy atom. The summed E-state index contributed by atoms with van der Waals surface area (Å²) in [4.78, 5) is 26.1. The van der Waals surface area contributed by atoms with E-state index >= 15 is 0 Å². The van der Waals surface area contributed by atoms with E-state index in [0.717, 1.165) is 57.8 Å². The number of carbonyl (C=O) groups is 2. The third kappa shape index (κ3) is 6.02. The Hall–Kier alpha value is -1.64. The molecule has 2 aliphatic heterocycles. The fourth-order valence-corrected chi connectivity index (χ4v) is 15.7. The molecule has 0 aromatic heterocycles. The number of allylic oxidation sites excluding steroid dienone is 2. The summed E-state index contributed by atoms with van der Waals surface area (Å²) in [7, 11) is 0. The first-order valence-corrected chi connectivity index (χ1v) is 22.4. The van der Waals surface area contributed by atoms with E-state index < -0.39 is 59.0 Å². The van der Waals surface area contributed by atoms with Crippen LogP contribution in [0.5, 0.6) is 0 Å².